The highest BCUT2D eigenvalue weighted by molar-refractivity contribution is 14.1. The molecule has 2 aromatic rings. The molecule has 0 N–H and O–H groups in total. The van der Waals surface area contributed by atoms with Crippen LogP contribution in [0.3, 0.4) is 0 Å². The summed E-state index contributed by atoms with van der Waals surface area (Å²) in [5.74, 6) is 1.43. The minimum atomic E-state index is 0.698. The van der Waals surface area contributed by atoms with Crippen LogP contribution in [0.15, 0.2) is 24.5 Å². The predicted octanol–water partition coefficient (Wildman–Crippen LogP) is 1.85. The maximum absolute atomic E-state index is 4.25. The van der Waals surface area contributed by atoms with Crippen molar-refractivity contribution in [1.82, 2.24) is 19.9 Å². The van der Waals surface area contributed by atoms with Crippen molar-refractivity contribution in [2.45, 2.75) is 6.92 Å². The first-order chi connectivity index (χ1) is 6.75. The monoisotopic (exact) mass is 298 g/mol. The van der Waals surface area contributed by atoms with Gasteiger partial charge in [-0.25, -0.2) is 15.0 Å². The van der Waals surface area contributed by atoms with Crippen molar-refractivity contribution < 1.29 is 0 Å². The number of pyridine rings is 1. The van der Waals surface area contributed by atoms with E-state index in [1.807, 2.05) is 19.1 Å². The average molecular weight is 298 g/mol. The molecule has 0 amide bonds. The van der Waals surface area contributed by atoms with Crippen LogP contribution in [0.5, 0.6) is 0 Å². The van der Waals surface area contributed by atoms with Crippen LogP contribution in [0.4, 0.5) is 0 Å². The lowest BCUT2D eigenvalue weighted by molar-refractivity contribution is 0.949. The van der Waals surface area contributed by atoms with Gasteiger partial charge in [0.25, 0.3) is 0 Å². The van der Waals surface area contributed by atoms with Crippen LogP contribution >= 0.6 is 22.6 Å². The Morgan fingerprint density at radius 1 is 1.07 bits per heavy atom. The molecule has 0 radical (unpaired) electrons. The molecule has 0 unspecified atom stereocenters. The zero-order valence-electron chi connectivity index (χ0n) is 7.48. The first-order valence-electron chi connectivity index (χ1n) is 4.04. The quantitative estimate of drug-likeness (QED) is 0.754. The van der Waals surface area contributed by atoms with Gasteiger partial charge in [-0.3, -0.25) is 4.98 Å². The Kier molecular flexibility index (Phi) is 2.67. The van der Waals surface area contributed by atoms with Gasteiger partial charge >= 0.3 is 0 Å². The number of aryl methyl sites for hydroxylation is 1. The summed E-state index contributed by atoms with van der Waals surface area (Å²) in [5.41, 5.74) is 0.961. The van der Waals surface area contributed by atoms with Gasteiger partial charge < -0.3 is 0 Å². The maximum atomic E-state index is 4.25. The Hall–Kier alpha value is -1.11. The predicted molar refractivity (Wildman–Crippen MR) is 60.5 cm³/mol. The van der Waals surface area contributed by atoms with Gasteiger partial charge in [0.2, 0.25) is 0 Å². The molecule has 4 nitrogen and oxygen atoms in total. The number of hydrogen-bond acceptors (Lipinski definition) is 4. The van der Waals surface area contributed by atoms with E-state index in [9.17, 15) is 0 Å². The summed E-state index contributed by atoms with van der Waals surface area (Å²) in [6, 6.07) is 3.76. The fraction of sp³-hybridized carbons (Fsp3) is 0.111. The van der Waals surface area contributed by atoms with Crippen molar-refractivity contribution in [3.8, 4) is 11.4 Å². The van der Waals surface area contributed by atoms with Crippen LogP contribution in [-0.4, -0.2) is 19.9 Å². The molecule has 0 fully saturated rings. The smallest absolute Gasteiger partial charge is 0.194 e. The lowest BCUT2D eigenvalue weighted by atomic mass is 10.2. The van der Waals surface area contributed by atoms with Crippen molar-refractivity contribution in [1.29, 1.82) is 0 Å². The molecule has 0 aromatic carbocycles. The minimum absolute atomic E-state index is 0.698. The molecule has 5 heteroatoms. The van der Waals surface area contributed by atoms with E-state index in [1.54, 1.807) is 12.4 Å². The molecule has 0 atom stereocenters. The SMILES string of the molecule is Cc1nc(I)nc(-c2ccncc2)n1. The molecule has 0 aliphatic heterocycles. The highest BCUT2D eigenvalue weighted by Gasteiger charge is 2.03. The average Bonchev–Trinajstić information content (AvgIpc) is 2.18. The van der Waals surface area contributed by atoms with Gasteiger partial charge in [0, 0.05) is 40.5 Å². The van der Waals surface area contributed by atoms with Gasteiger partial charge in [-0.05, 0) is 19.1 Å². The molecule has 0 saturated carbocycles. The van der Waals surface area contributed by atoms with Crippen molar-refractivity contribution in [3.63, 3.8) is 0 Å². The Bertz CT molecular complexity index is 424. The minimum Gasteiger partial charge on any atom is -0.265 e. The number of nitrogens with zero attached hydrogens (tertiary/aromatic N) is 4. The molecular formula is C9H7IN4. The highest BCUT2D eigenvalue weighted by atomic mass is 127. The lowest BCUT2D eigenvalue weighted by Gasteiger charge is -2.00. The number of hydrogen-bond donors (Lipinski definition) is 0. The fourth-order valence-corrected chi connectivity index (χ4v) is 1.66. The van der Waals surface area contributed by atoms with Gasteiger partial charge in [-0.2, -0.15) is 0 Å². The third kappa shape index (κ3) is 2.03. The summed E-state index contributed by atoms with van der Waals surface area (Å²) in [6.45, 7) is 1.86. The zero-order valence-corrected chi connectivity index (χ0v) is 9.63. The third-order valence-corrected chi connectivity index (χ3v) is 2.14. The summed E-state index contributed by atoms with van der Waals surface area (Å²) in [4.78, 5) is 16.5. The summed E-state index contributed by atoms with van der Waals surface area (Å²) < 4.78 is 0.710. The highest BCUT2D eigenvalue weighted by Crippen LogP contribution is 2.13. The zero-order chi connectivity index (χ0) is 9.97. The number of halogens is 1. The van der Waals surface area contributed by atoms with Crippen molar-refractivity contribution >= 4 is 22.6 Å². The van der Waals surface area contributed by atoms with E-state index >= 15 is 0 Å². The topological polar surface area (TPSA) is 51.6 Å². The first kappa shape index (κ1) is 9.45. The van der Waals surface area contributed by atoms with Crippen LogP contribution in [0, 0.1) is 10.8 Å². The van der Waals surface area contributed by atoms with Gasteiger partial charge in [-0.15, -0.1) is 0 Å². The van der Waals surface area contributed by atoms with Gasteiger partial charge in [0.15, 0.2) is 9.66 Å². The largest absolute Gasteiger partial charge is 0.265 e. The Labute approximate surface area is 95.0 Å². The first-order valence-corrected chi connectivity index (χ1v) is 5.12. The van der Waals surface area contributed by atoms with Crippen molar-refractivity contribution in [3.05, 3.63) is 34.2 Å². The van der Waals surface area contributed by atoms with Gasteiger partial charge in [0.05, 0.1) is 0 Å². The standard InChI is InChI=1S/C9H7IN4/c1-6-12-8(14-9(10)13-6)7-2-4-11-5-3-7/h2-5H,1H3. The van der Waals surface area contributed by atoms with E-state index < -0.39 is 0 Å². The molecule has 2 heterocycles. The van der Waals surface area contributed by atoms with Crippen LogP contribution in [0.1, 0.15) is 5.82 Å². The number of aromatic nitrogens is 4. The van der Waals surface area contributed by atoms with E-state index in [1.165, 1.54) is 0 Å². The normalized spacial score (nSPS) is 10.1. The maximum Gasteiger partial charge on any atom is 0.194 e. The summed E-state index contributed by atoms with van der Waals surface area (Å²) >= 11 is 2.08. The second-order valence-electron chi connectivity index (χ2n) is 2.71. The summed E-state index contributed by atoms with van der Waals surface area (Å²) in [5, 5.41) is 0. The van der Waals surface area contributed by atoms with Crippen LogP contribution in [0.25, 0.3) is 11.4 Å². The van der Waals surface area contributed by atoms with Gasteiger partial charge in [0.1, 0.15) is 5.82 Å². The molecule has 0 bridgehead atoms. The Morgan fingerprint density at radius 2 is 1.79 bits per heavy atom. The number of rotatable bonds is 1. The van der Waals surface area contributed by atoms with E-state index in [0.717, 1.165) is 11.4 Å². The summed E-state index contributed by atoms with van der Waals surface area (Å²) in [7, 11) is 0. The summed E-state index contributed by atoms with van der Waals surface area (Å²) in [6.07, 6.45) is 3.45. The van der Waals surface area contributed by atoms with E-state index in [0.29, 0.717) is 9.66 Å². The second-order valence-corrected chi connectivity index (χ2v) is 3.68. The third-order valence-electron chi connectivity index (χ3n) is 1.66. The molecule has 0 aliphatic rings. The molecule has 2 rings (SSSR count). The lowest BCUT2D eigenvalue weighted by Crippen LogP contribution is -1.98. The molecule has 0 aliphatic carbocycles. The molecule has 0 spiro atoms. The van der Waals surface area contributed by atoms with Crippen molar-refractivity contribution in [2.24, 2.45) is 0 Å². The van der Waals surface area contributed by atoms with Crippen LogP contribution in [0.2, 0.25) is 0 Å². The van der Waals surface area contributed by atoms with Gasteiger partial charge in [-0.1, -0.05) is 0 Å². The molecular weight excluding hydrogens is 291 g/mol. The van der Waals surface area contributed by atoms with Crippen LogP contribution < -0.4 is 0 Å². The Morgan fingerprint density at radius 3 is 2.43 bits per heavy atom. The van der Waals surface area contributed by atoms with E-state index in [4.69, 9.17) is 0 Å². The molecule has 70 valence electrons. The van der Waals surface area contributed by atoms with E-state index in [2.05, 4.69) is 42.5 Å². The fourth-order valence-electron chi connectivity index (χ4n) is 1.08. The van der Waals surface area contributed by atoms with Crippen LogP contribution in [-0.2, 0) is 0 Å². The Balaban J connectivity index is 2.52. The molecule has 0 saturated heterocycles. The molecule has 2 aromatic heterocycles. The van der Waals surface area contributed by atoms with Crippen molar-refractivity contribution in [2.75, 3.05) is 0 Å². The molecule has 14 heavy (non-hydrogen) atoms. The van der Waals surface area contributed by atoms with E-state index in [-0.39, 0.29) is 0 Å². The second kappa shape index (κ2) is 3.95.